The van der Waals surface area contributed by atoms with Gasteiger partial charge in [-0.15, -0.1) is 0 Å². The van der Waals surface area contributed by atoms with Gasteiger partial charge < -0.3 is 10.5 Å². The van der Waals surface area contributed by atoms with Crippen LogP contribution in [0.5, 0.6) is 0 Å². The van der Waals surface area contributed by atoms with Crippen LogP contribution in [0, 0.1) is 11.8 Å². The van der Waals surface area contributed by atoms with E-state index < -0.39 is 6.04 Å². The predicted molar refractivity (Wildman–Crippen MR) is 73.0 cm³/mol. The van der Waals surface area contributed by atoms with Crippen LogP contribution in [0.25, 0.3) is 0 Å². The van der Waals surface area contributed by atoms with Gasteiger partial charge >= 0.3 is 5.97 Å². The van der Waals surface area contributed by atoms with Crippen molar-refractivity contribution >= 4 is 17.7 Å². The molecule has 4 heteroatoms. The van der Waals surface area contributed by atoms with E-state index in [1.165, 1.54) is 6.42 Å². The van der Waals surface area contributed by atoms with Crippen molar-refractivity contribution in [2.45, 2.75) is 51.7 Å². The van der Waals surface area contributed by atoms with Crippen LogP contribution in [0.3, 0.4) is 0 Å². The van der Waals surface area contributed by atoms with Crippen LogP contribution < -0.4 is 5.73 Å². The van der Waals surface area contributed by atoms with Gasteiger partial charge in [0.1, 0.15) is 12.1 Å². The third-order valence-electron chi connectivity index (χ3n) is 3.35. The highest BCUT2D eigenvalue weighted by Gasteiger charge is 2.28. The third kappa shape index (κ3) is 5.30. The van der Waals surface area contributed by atoms with Gasteiger partial charge in [0, 0.05) is 0 Å². The van der Waals surface area contributed by atoms with Crippen LogP contribution in [0.1, 0.15) is 39.5 Å². The van der Waals surface area contributed by atoms with Crippen molar-refractivity contribution in [3.05, 3.63) is 0 Å². The topological polar surface area (TPSA) is 52.3 Å². The lowest BCUT2D eigenvalue weighted by Gasteiger charge is -2.31. The molecule has 2 N–H and O–H groups in total. The maximum absolute atomic E-state index is 11.8. The van der Waals surface area contributed by atoms with Gasteiger partial charge in [0.2, 0.25) is 0 Å². The molecule has 1 rings (SSSR count). The van der Waals surface area contributed by atoms with Gasteiger partial charge in [-0.05, 0) is 49.5 Å². The molecule has 1 fully saturated rings. The van der Waals surface area contributed by atoms with Crippen LogP contribution in [0.4, 0.5) is 0 Å². The van der Waals surface area contributed by atoms with E-state index in [0.717, 1.165) is 18.6 Å². The molecule has 1 aliphatic rings. The molecular formula is C13H25NO2S. The summed E-state index contributed by atoms with van der Waals surface area (Å²) < 4.78 is 5.52. The molecule has 0 radical (unpaired) electrons. The molecule has 0 spiro atoms. The normalized spacial score (nSPS) is 30.9. The van der Waals surface area contributed by atoms with Gasteiger partial charge in [-0.3, -0.25) is 4.79 Å². The minimum absolute atomic E-state index is 0.0848. The van der Waals surface area contributed by atoms with Gasteiger partial charge in [0.25, 0.3) is 0 Å². The van der Waals surface area contributed by atoms with E-state index in [1.807, 2.05) is 6.26 Å². The first-order valence-electron chi connectivity index (χ1n) is 6.48. The molecule has 3 atom stereocenters. The van der Waals surface area contributed by atoms with Gasteiger partial charge in [0.05, 0.1) is 0 Å². The number of nitrogens with two attached hydrogens (primary N) is 1. The highest BCUT2D eigenvalue weighted by atomic mass is 32.2. The first-order chi connectivity index (χ1) is 8.02. The largest absolute Gasteiger partial charge is 0.461 e. The molecule has 0 saturated heterocycles. The van der Waals surface area contributed by atoms with Crippen LogP contribution in [0.2, 0.25) is 0 Å². The quantitative estimate of drug-likeness (QED) is 0.770. The summed E-state index contributed by atoms with van der Waals surface area (Å²) in [4.78, 5) is 11.8. The van der Waals surface area contributed by atoms with Gasteiger partial charge in [0.15, 0.2) is 0 Å². The number of thioether (sulfide) groups is 1. The number of rotatable bonds is 5. The Morgan fingerprint density at radius 2 is 1.94 bits per heavy atom. The third-order valence-corrected chi connectivity index (χ3v) is 4.00. The molecule has 0 bridgehead atoms. The second-order valence-corrected chi connectivity index (χ2v) is 6.35. The monoisotopic (exact) mass is 259 g/mol. The highest BCUT2D eigenvalue weighted by Crippen LogP contribution is 2.30. The Bertz CT molecular complexity index is 238. The number of carbonyl (C=O) groups is 1. The molecule has 100 valence electrons. The zero-order valence-electron chi connectivity index (χ0n) is 11.1. The fourth-order valence-electron chi connectivity index (χ4n) is 2.58. The standard InChI is InChI=1S/C13H25NO2S/c1-9-6-10(2)8-11(7-9)16-13(15)12(14)4-5-17-3/h9-12H,4-8,14H2,1-3H3/t9?,10?,11?,12-/m0/s1. The lowest BCUT2D eigenvalue weighted by Crippen LogP contribution is -2.37. The van der Waals surface area contributed by atoms with E-state index >= 15 is 0 Å². The second kappa shape index (κ2) is 7.27. The van der Waals surface area contributed by atoms with Crippen molar-refractivity contribution in [2.75, 3.05) is 12.0 Å². The van der Waals surface area contributed by atoms with E-state index in [1.54, 1.807) is 11.8 Å². The summed E-state index contributed by atoms with van der Waals surface area (Å²) in [5, 5.41) is 0. The highest BCUT2D eigenvalue weighted by molar-refractivity contribution is 7.98. The molecular weight excluding hydrogens is 234 g/mol. The molecule has 0 amide bonds. The van der Waals surface area contributed by atoms with Crippen molar-refractivity contribution in [2.24, 2.45) is 17.6 Å². The Balaban J connectivity index is 2.34. The van der Waals surface area contributed by atoms with Crippen LogP contribution >= 0.6 is 11.8 Å². The zero-order valence-corrected chi connectivity index (χ0v) is 12.0. The van der Waals surface area contributed by atoms with Crippen molar-refractivity contribution < 1.29 is 9.53 Å². The summed E-state index contributed by atoms with van der Waals surface area (Å²) in [6.07, 6.45) is 6.03. The van der Waals surface area contributed by atoms with Crippen LogP contribution in [-0.4, -0.2) is 30.1 Å². The molecule has 0 aromatic heterocycles. The van der Waals surface area contributed by atoms with Crippen LogP contribution in [-0.2, 0) is 9.53 Å². The maximum atomic E-state index is 11.8. The minimum atomic E-state index is -0.449. The summed E-state index contributed by atoms with van der Waals surface area (Å²) in [5.41, 5.74) is 5.80. The first-order valence-corrected chi connectivity index (χ1v) is 7.87. The van der Waals surface area contributed by atoms with E-state index in [4.69, 9.17) is 10.5 Å². The summed E-state index contributed by atoms with van der Waals surface area (Å²) in [6.45, 7) is 4.45. The van der Waals surface area contributed by atoms with Gasteiger partial charge in [-0.25, -0.2) is 0 Å². The zero-order chi connectivity index (χ0) is 12.8. The molecule has 0 heterocycles. The number of ether oxygens (including phenoxy) is 1. The van der Waals surface area contributed by atoms with Gasteiger partial charge in [-0.2, -0.15) is 11.8 Å². The minimum Gasteiger partial charge on any atom is -0.461 e. The van der Waals surface area contributed by atoms with Crippen molar-refractivity contribution in [1.29, 1.82) is 0 Å². The number of carbonyl (C=O) groups excluding carboxylic acids is 1. The summed E-state index contributed by atoms with van der Waals surface area (Å²) >= 11 is 1.71. The summed E-state index contributed by atoms with van der Waals surface area (Å²) in [6, 6.07) is -0.449. The summed E-state index contributed by atoms with van der Waals surface area (Å²) in [7, 11) is 0. The fraction of sp³-hybridized carbons (Fsp3) is 0.923. The molecule has 0 aromatic rings. The van der Waals surface area contributed by atoms with E-state index in [2.05, 4.69) is 13.8 Å². The SMILES string of the molecule is CSCC[C@H](N)C(=O)OC1CC(C)CC(C)C1. The van der Waals surface area contributed by atoms with Crippen LogP contribution in [0.15, 0.2) is 0 Å². The average Bonchev–Trinajstić information content (AvgIpc) is 2.24. The van der Waals surface area contributed by atoms with E-state index in [9.17, 15) is 4.79 Å². The Hall–Kier alpha value is -0.220. The molecule has 0 aromatic carbocycles. The second-order valence-electron chi connectivity index (χ2n) is 5.36. The summed E-state index contributed by atoms with van der Waals surface area (Å²) in [5.74, 6) is 2.00. The molecule has 1 saturated carbocycles. The molecule has 2 unspecified atom stereocenters. The lowest BCUT2D eigenvalue weighted by atomic mass is 9.82. The molecule has 0 aliphatic heterocycles. The Labute approximate surface area is 109 Å². The number of hydrogen-bond acceptors (Lipinski definition) is 4. The Morgan fingerprint density at radius 3 is 2.47 bits per heavy atom. The average molecular weight is 259 g/mol. The number of hydrogen-bond donors (Lipinski definition) is 1. The van der Waals surface area contributed by atoms with Crippen molar-refractivity contribution in [1.82, 2.24) is 0 Å². The molecule has 3 nitrogen and oxygen atoms in total. The molecule has 17 heavy (non-hydrogen) atoms. The van der Waals surface area contributed by atoms with Crippen molar-refractivity contribution in [3.8, 4) is 0 Å². The predicted octanol–water partition coefficient (Wildman–Crippen LogP) is 2.43. The Kier molecular flexibility index (Phi) is 6.34. The Morgan fingerprint density at radius 1 is 1.35 bits per heavy atom. The lowest BCUT2D eigenvalue weighted by molar-refractivity contribution is -0.153. The number of esters is 1. The first kappa shape index (κ1) is 14.8. The molecule has 1 aliphatic carbocycles. The fourth-order valence-corrected chi connectivity index (χ4v) is 3.07. The van der Waals surface area contributed by atoms with Gasteiger partial charge in [-0.1, -0.05) is 13.8 Å². The van der Waals surface area contributed by atoms with E-state index in [0.29, 0.717) is 18.3 Å². The van der Waals surface area contributed by atoms with Crippen molar-refractivity contribution in [3.63, 3.8) is 0 Å². The van der Waals surface area contributed by atoms with E-state index in [-0.39, 0.29) is 12.1 Å². The smallest absolute Gasteiger partial charge is 0.323 e. The maximum Gasteiger partial charge on any atom is 0.323 e.